The van der Waals surface area contributed by atoms with Crippen LogP contribution in [0.5, 0.6) is 5.88 Å². The molecule has 2 bridgehead atoms. The molecule has 1 aromatic heterocycles. The fourth-order valence-corrected chi connectivity index (χ4v) is 3.33. The number of pyridine rings is 1. The van der Waals surface area contributed by atoms with Gasteiger partial charge in [0.2, 0.25) is 5.88 Å². The number of piperidine rings is 1. The van der Waals surface area contributed by atoms with Gasteiger partial charge in [0.25, 0.3) is 0 Å². The zero-order chi connectivity index (χ0) is 14.3. The minimum Gasteiger partial charge on any atom is -0.481 e. The molecule has 2 unspecified atom stereocenters. The lowest BCUT2D eigenvalue weighted by atomic mass is 9.84. The first kappa shape index (κ1) is 13.8. The molecule has 0 spiro atoms. The van der Waals surface area contributed by atoms with Gasteiger partial charge in [0.1, 0.15) is 0 Å². The number of aromatic nitrogens is 1. The van der Waals surface area contributed by atoms with E-state index < -0.39 is 0 Å². The van der Waals surface area contributed by atoms with Crippen LogP contribution in [-0.4, -0.2) is 52.6 Å². The van der Waals surface area contributed by atoms with E-state index >= 15 is 0 Å². The molecule has 4 heteroatoms. The first-order valence-electron chi connectivity index (χ1n) is 7.47. The molecule has 2 fully saturated rings. The zero-order valence-corrected chi connectivity index (χ0v) is 13.0. The minimum absolute atomic E-state index is 0.296. The van der Waals surface area contributed by atoms with Gasteiger partial charge in [-0.1, -0.05) is 6.07 Å². The normalized spacial score (nSPS) is 27.2. The maximum Gasteiger partial charge on any atom is 0.212 e. The largest absolute Gasteiger partial charge is 0.481 e. The van der Waals surface area contributed by atoms with Crippen molar-refractivity contribution in [1.82, 2.24) is 14.8 Å². The standard InChI is InChI=1S/C16H25N3O/c1-16(2,3)18-10-13-7-14(11-18)19(13)9-12-5-6-15(20-4)17-8-12/h5-6,8,13-14H,7,9-11H2,1-4H3. The summed E-state index contributed by atoms with van der Waals surface area (Å²) in [6.45, 7) is 10.4. The topological polar surface area (TPSA) is 28.6 Å². The lowest BCUT2D eigenvalue weighted by Gasteiger charge is -2.59. The van der Waals surface area contributed by atoms with Gasteiger partial charge in [0.05, 0.1) is 7.11 Å². The second-order valence-electron chi connectivity index (χ2n) is 7.00. The van der Waals surface area contributed by atoms with Crippen molar-refractivity contribution in [2.75, 3.05) is 20.2 Å². The number of likely N-dealkylation sites (tertiary alicyclic amines) is 2. The highest BCUT2D eigenvalue weighted by Gasteiger charge is 2.46. The zero-order valence-electron chi connectivity index (χ0n) is 13.0. The third kappa shape index (κ3) is 2.54. The van der Waals surface area contributed by atoms with Gasteiger partial charge in [-0.05, 0) is 32.8 Å². The smallest absolute Gasteiger partial charge is 0.212 e. The van der Waals surface area contributed by atoms with E-state index in [1.165, 1.54) is 25.1 Å². The highest BCUT2D eigenvalue weighted by Crippen LogP contribution is 2.36. The molecule has 0 N–H and O–H groups in total. The van der Waals surface area contributed by atoms with E-state index in [2.05, 4.69) is 41.6 Å². The SMILES string of the molecule is COc1ccc(CN2C3CC2CN(C(C)(C)C)C3)cn1. The van der Waals surface area contributed by atoms with E-state index in [0.717, 1.165) is 18.6 Å². The van der Waals surface area contributed by atoms with E-state index in [1.54, 1.807) is 7.11 Å². The quantitative estimate of drug-likeness (QED) is 0.845. The van der Waals surface area contributed by atoms with Crippen LogP contribution in [0.1, 0.15) is 32.8 Å². The molecule has 0 radical (unpaired) electrons. The number of methoxy groups -OCH3 is 1. The Morgan fingerprint density at radius 3 is 2.45 bits per heavy atom. The monoisotopic (exact) mass is 275 g/mol. The predicted molar refractivity (Wildman–Crippen MR) is 79.9 cm³/mol. The van der Waals surface area contributed by atoms with E-state index in [1.807, 2.05) is 12.3 Å². The van der Waals surface area contributed by atoms with E-state index in [4.69, 9.17) is 4.74 Å². The molecule has 2 aliphatic heterocycles. The molecule has 4 nitrogen and oxygen atoms in total. The highest BCUT2D eigenvalue weighted by atomic mass is 16.5. The molecule has 3 rings (SSSR count). The summed E-state index contributed by atoms with van der Waals surface area (Å²) in [4.78, 5) is 9.55. The summed E-state index contributed by atoms with van der Waals surface area (Å²) in [6, 6.07) is 5.51. The number of ether oxygens (including phenoxy) is 1. The molecular weight excluding hydrogens is 250 g/mol. The summed E-state index contributed by atoms with van der Waals surface area (Å²) in [5.41, 5.74) is 1.58. The van der Waals surface area contributed by atoms with Crippen LogP contribution in [0, 0.1) is 0 Å². The Kier molecular flexibility index (Phi) is 3.46. The van der Waals surface area contributed by atoms with Gasteiger partial charge >= 0.3 is 0 Å². The summed E-state index contributed by atoms with van der Waals surface area (Å²) < 4.78 is 5.11. The molecule has 2 aliphatic rings. The summed E-state index contributed by atoms with van der Waals surface area (Å²) >= 11 is 0. The Balaban J connectivity index is 1.61. The lowest BCUT2D eigenvalue weighted by Crippen LogP contribution is -2.70. The highest BCUT2D eigenvalue weighted by molar-refractivity contribution is 5.19. The van der Waals surface area contributed by atoms with E-state index in [0.29, 0.717) is 11.4 Å². The summed E-state index contributed by atoms with van der Waals surface area (Å²) in [6.07, 6.45) is 3.30. The van der Waals surface area contributed by atoms with E-state index in [-0.39, 0.29) is 0 Å². The van der Waals surface area contributed by atoms with Crippen molar-refractivity contribution in [3.05, 3.63) is 23.9 Å². The Labute approximate surface area is 121 Å². The molecule has 2 saturated heterocycles. The maximum absolute atomic E-state index is 5.11. The number of hydrogen-bond donors (Lipinski definition) is 0. The van der Waals surface area contributed by atoms with Gasteiger partial charge in [-0.2, -0.15) is 0 Å². The number of fused-ring (bicyclic) bond motifs is 2. The number of rotatable bonds is 3. The van der Waals surface area contributed by atoms with Gasteiger partial charge in [0, 0.05) is 49.5 Å². The van der Waals surface area contributed by atoms with Crippen LogP contribution in [0.25, 0.3) is 0 Å². The van der Waals surface area contributed by atoms with Crippen LogP contribution in [0.15, 0.2) is 18.3 Å². The first-order chi connectivity index (χ1) is 9.47. The average molecular weight is 275 g/mol. The third-order valence-corrected chi connectivity index (χ3v) is 4.67. The van der Waals surface area contributed by atoms with Crippen molar-refractivity contribution in [1.29, 1.82) is 0 Å². The fraction of sp³-hybridized carbons (Fsp3) is 0.688. The van der Waals surface area contributed by atoms with Gasteiger partial charge in [-0.25, -0.2) is 4.98 Å². The Morgan fingerprint density at radius 2 is 1.95 bits per heavy atom. The maximum atomic E-state index is 5.11. The molecule has 0 amide bonds. The number of piperazine rings is 1. The molecule has 2 atom stereocenters. The Morgan fingerprint density at radius 1 is 1.25 bits per heavy atom. The molecule has 20 heavy (non-hydrogen) atoms. The lowest BCUT2D eigenvalue weighted by molar-refractivity contribution is -0.0997. The molecule has 0 saturated carbocycles. The van der Waals surface area contributed by atoms with Crippen LogP contribution in [-0.2, 0) is 6.54 Å². The predicted octanol–water partition coefficient (Wildman–Crippen LogP) is 2.15. The van der Waals surface area contributed by atoms with Crippen molar-refractivity contribution in [2.45, 2.75) is 51.4 Å². The van der Waals surface area contributed by atoms with Crippen molar-refractivity contribution in [2.24, 2.45) is 0 Å². The van der Waals surface area contributed by atoms with Crippen LogP contribution < -0.4 is 4.74 Å². The second kappa shape index (κ2) is 5.01. The number of hydrogen-bond acceptors (Lipinski definition) is 4. The average Bonchev–Trinajstić information content (AvgIpc) is 2.44. The molecule has 1 aromatic rings. The molecule has 110 valence electrons. The Bertz CT molecular complexity index is 454. The van der Waals surface area contributed by atoms with Crippen molar-refractivity contribution >= 4 is 0 Å². The van der Waals surface area contributed by atoms with Crippen molar-refractivity contribution < 1.29 is 4.74 Å². The second-order valence-corrected chi connectivity index (χ2v) is 7.00. The van der Waals surface area contributed by atoms with Crippen LogP contribution in [0.4, 0.5) is 0 Å². The van der Waals surface area contributed by atoms with Gasteiger partial charge in [0.15, 0.2) is 0 Å². The fourth-order valence-electron chi connectivity index (χ4n) is 3.33. The van der Waals surface area contributed by atoms with E-state index in [9.17, 15) is 0 Å². The Hall–Kier alpha value is -1.13. The van der Waals surface area contributed by atoms with Crippen molar-refractivity contribution in [3.63, 3.8) is 0 Å². The summed E-state index contributed by atoms with van der Waals surface area (Å²) in [5.74, 6) is 0.691. The van der Waals surface area contributed by atoms with Gasteiger partial charge in [-0.15, -0.1) is 0 Å². The third-order valence-electron chi connectivity index (χ3n) is 4.67. The summed E-state index contributed by atoms with van der Waals surface area (Å²) in [5, 5.41) is 0. The minimum atomic E-state index is 0.296. The van der Waals surface area contributed by atoms with Crippen LogP contribution in [0.2, 0.25) is 0 Å². The van der Waals surface area contributed by atoms with Gasteiger partial charge < -0.3 is 4.74 Å². The van der Waals surface area contributed by atoms with Crippen LogP contribution >= 0.6 is 0 Å². The molecule has 0 aliphatic carbocycles. The first-order valence-corrected chi connectivity index (χ1v) is 7.47. The summed E-state index contributed by atoms with van der Waals surface area (Å²) in [7, 11) is 1.66. The molecular formula is C16H25N3O. The number of nitrogens with zero attached hydrogens (tertiary/aromatic N) is 3. The molecule has 3 heterocycles. The van der Waals surface area contributed by atoms with Gasteiger partial charge in [-0.3, -0.25) is 9.80 Å². The van der Waals surface area contributed by atoms with Crippen LogP contribution in [0.3, 0.4) is 0 Å². The van der Waals surface area contributed by atoms with Crippen molar-refractivity contribution in [3.8, 4) is 5.88 Å². The molecule has 0 aromatic carbocycles.